The molecule has 0 spiro atoms. The van der Waals surface area contributed by atoms with Crippen LogP contribution in [-0.4, -0.2) is 10.1 Å². The molecule has 0 saturated carbocycles. The molecule has 0 saturated heterocycles. The van der Waals surface area contributed by atoms with Crippen LogP contribution in [0.25, 0.3) is 22.8 Å². The molecule has 3 aromatic rings. The van der Waals surface area contributed by atoms with Crippen LogP contribution in [0.3, 0.4) is 0 Å². The molecule has 6 heteroatoms. The minimum atomic E-state index is -0.694. The first-order valence-corrected chi connectivity index (χ1v) is 6.19. The Morgan fingerprint density at radius 1 is 1.05 bits per heavy atom. The van der Waals surface area contributed by atoms with Crippen LogP contribution in [0.4, 0.5) is 14.5 Å². The van der Waals surface area contributed by atoms with Crippen LogP contribution in [-0.2, 0) is 0 Å². The van der Waals surface area contributed by atoms with E-state index in [0.717, 1.165) is 29.3 Å². The number of benzene rings is 2. The van der Waals surface area contributed by atoms with Crippen LogP contribution >= 0.6 is 0 Å². The topological polar surface area (TPSA) is 64.9 Å². The van der Waals surface area contributed by atoms with Gasteiger partial charge in [-0.3, -0.25) is 0 Å². The van der Waals surface area contributed by atoms with Gasteiger partial charge in [0.15, 0.2) is 0 Å². The van der Waals surface area contributed by atoms with Crippen molar-refractivity contribution in [2.45, 2.75) is 6.92 Å². The fourth-order valence-corrected chi connectivity index (χ4v) is 2.06. The van der Waals surface area contributed by atoms with Crippen molar-refractivity contribution in [3.63, 3.8) is 0 Å². The van der Waals surface area contributed by atoms with Crippen LogP contribution in [0.15, 0.2) is 40.9 Å². The molecule has 0 unspecified atom stereocenters. The lowest BCUT2D eigenvalue weighted by Crippen LogP contribution is -1.89. The van der Waals surface area contributed by atoms with E-state index in [-0.39, 0.29) is 17.3 Å². The normalized spacial score (nSPS) is 10.8. The molecule has 21 heavy (non-hydrogen) atoms. The van der Waals surface area contributed by atoms with Crippen molar-refractivity contribution in [3.05, 3.63) is 53.6 Å². The summed E-state index contributed by atoms with van der Waals surface area (Å²) < 4.78 is 31.6. The van der Waals surface area contributed by atoms with Gasteiger partial charge in [0.25, 0.3) is 5.89 Å². The quantitative estimate of drug-likeness (QED) is 0.732. The number of nitrogens with zero attached hydrogens (tertiary/aromatic N) is 2. The monoisotopic (exact) mass is 287 g/mol. The predicted molar refractivity (Wildman–Crippen MR) is 74.2 cm³/mol. The maximum atomic E-state index is 13.2. The van der Waals surface area contributed by atoms with Gasteiger partial charge in [-0.2, -0.15) is 4.98 Å². The van der Waals surface area contributed by atoms with Gasteiger partial charge in [0.1, 0.15) is 11.6 Å². The molecular weight excluding hydrogens is 276 g/mol. The molecule has 0 amide bonds. The minimum absolute atomic E-state index is 0.125. The van der Waals surface area contributed by atoms with E-state index in [1.807, 2.05) is 6.92 Å². The van der Waals surface area contributed by atoms with Gasteiger partial charge >= 0.3 is 0 Å². The van der Waals surface area contributed by atoms with E-state index in [1.54, 1.807) is 18.2 Å². The van der Waals surface area contributed by atoms with Gasteiger partial charge in [-0.05, 0) is 42.8 Å². The van der Waals surface area contributed by atoms with E-state index in [0.29, 0.717) is 5.69 Å². The third-order valence-corrected chi connectivity index (χ3v) is 3.03. The van der Waals surface area contributed by atoms with Crippen molar-refractivity contribution in [1.29, 1.82) is 0 Å². The molecule has 0 aliphatic carbocycles. The number of hydrogen-bond acceptors (Lipinski definition) is 4. The summed E-state index contributed by atoms with van der Waals surface area (Å²) in [6.07, 6.45) is 0. The lowest BCUT2D eigenvalue weighted by atomic mass is 10.1. The second kappa shape index (κ2) is 4.97. The summed E-state index contributed by atoms with van der Waals surface area (Å²) in [4.78, 5) is 4.17. The number of aromatic nitrogens is 2. The molecule has 1 aromatic heterocycles. The van der Waals surface area contributed by atoms with Crippen molar-refractivity contribution in [1.82, 2.24) is 10.1 Å². The first-order valence-electron chi connectivity index (χ1n) is 6.19. The number of aryl methyl sites for hydroxylation is 1. The maximum absolute atomic E-state index is 13.2. The highest BCUT2D eigenvalue weighted by atomic mass is 19.1. The first-order chi connectivity index (χ1) is 10.0. The standard InChI is InChI=1S/C15H11F2N3O/c1-8-4-12(18)2-3-13(8)15-19-14(20-21-15)9-5-10(16)7-11(17)6-9/h2-7H,18H2,1H3. The second-order valence-corrected chi connectivity index (χ2v) is 4.66. The Labute approximate surface area is 119 Å². The summed E-state index contributed by atoms with van der Waals surface area (Å²) >= 11 is 0. The van der Waals surface area contributed by atoms with Crippen molar-refractivity contribution in [2.75, 3.05) is 5.73 Å². The highest BCUT2D eigenvalue weighted by molar-refractivity contribution is 5.65. The Hall–Kier alpha value is -2.76. The number of hydrogen-bond donors (Lipinski definition) is 1. The lowest BCUT2D eigenvalue weighted by molar-refractivity contribution is 0.432. The summed E-state index contributed by atoms with van der Waals surface area (Å²) in [7, 11) is 0. The molecular formula is C15H11F2N3O. The van der Waals surface area contributed by atoms with Gasteiger partial charge in [-0.1, -0.05) is 5.16 Å². The van der Waals surface area contributed by atoms with Crippen molar-refractivity contribution in [3.8, 4) is 22.8 Å². The number of anilines is 1. The van der Waals surface area contributed by atoms with Crippen LogP contribution < -0.4 is 5.73 Å². The molecule has 0 bridgehead atoms. The first kappa shape index (κ1) is 13.2. The van der Waals surface area contributed by atoms with Gasteiger partial charge in [-0.25, -0.2) is 8.78 Å². The Balaban J connectivity index is 2.03. The molecule has 0 atom stereocenters. The average Bonchev–Trinajstić information content (AvgIpc) is 2.87. The smallest absolute Gasteiger partial charge is 0.258 e. The van der Waals surface area contributed by atoms with E-state index < -0.39 is 11.6 Å². The molecule has 106 valence electrons. The number of nitrogen functional groups attached to an aromatic ring is 1. The number of halogens is 2. The van der Waals surface area contributed by atoms with Crippen LogP contribution in [0, 0.1) is 18.6 Å². The van der Waals surface area contributed by atoms with E-state index in [4.69, 9.17) is 10.3 Å². The zero-order valence-corrected chi connectivity index (χ0v) is 11.1. The SMILES string of the molecule is Cc1cc(N)ccc1-c1nc(-c2cc(F)cc(F)c2)no1. The molecule has 0 radical (unpaired) electrons. The predicted octanol–water partition coefficient (Wildman–Crippen LogP) is 3.57. The van der Waals surface area contributed by atoms with E-state index in [2.05, 4.69) is 10.1 Å². The molecule has 1 heterocycles. The third-order valence-electron chi connectivity index (χ3n) is 3.03. The highest BCUT2D eigenvalue weighted by Crippen LogP contribution is 2.26. The van der Waals surface area contributed by atoms with Crippen molar-refractivity contribution < 1.29 is 13.3 Å². The summed E-state index contributed by atoms with van der Waals surface area (Å²) in [6.45, 7) is 1.86. The molecule has 0 aliphatic heterocycles. The summed E-state index contributed by atoms with van der Waals surface area (Å²) in [5.41, 5.74) is 8.12. The van der Waals surface area contributed by atoms with Crippen LogP contribution in [0.1, 0.15) is 5.56 Å². The summed E-state index contributed by atoms with van der Waals surface area (Å²) in [5, 5.41) is 3.76. The molecule has 2 N–H and O–H groups in total. The van der Waals surface area contributed by atoms with Gasteiger partial charge in [-0.15, -0.1) is 0 Å². The summed E-state index contributed by atoms with van der Waals surface area (Å²) in [6, 6.07) is 8.33. The van der Waals surface area contributed by atoms with Crippen molar-refractivity contribution >= 4 is 5.69 Å². The third kappa shape index (κ3) is 2.60. The van der Waals surface area contributed by atoms with Gasteiger partial charge in [0, 0.05) is 22.9 Å². The highest BCUT2D eigenvalue weighted by Gasteiger charge is 2.14. The Morgan fingerprint density at radius 3 is 2.43 bits per heavy atom. The molecule has 2 aromatic carbocycles. The fourth-order valence-electron chi connectivity index (χ4n) is 2.06. The van der Waals surface area contributed by atoms with Crippen LogP contribution in [0.5, 0.6) is 0 Å². The van der Waals surface area contributed by atoms with Gasteiger partial charge < -0.3 is 10.3 Å². The zero-order valence-electron chi connectivity index (χ0n) is 11.1. The van der Waals surface area contributed by atoms with Gasteiger partial charge in [0.2, 0.25) is 5.82 Å². The number of nitrogens with two attached hydrogens (primary N) is 1. The van der Waals surface area contributed by atoms with Gasteiger partial charge in [0.05, 0.1) is 0 Å². The minimum Gasteiger partial charge on any atom is -0.399 e. The Kier molecular flexibility index (Phi) is 3.13. The Morgan fingerprint density at radius 2 is 1.76 bits per heavy atom. The van der Waals surface area contributed by atoms with E-state index in [9.17, 15) is 8.78 Å². The molecule has 3 rings (SSSR count). The molecule has 0 aliphatic rings. The summed E-state index contributed by atoms with van der Waals surface area (Å²) in [5.74, 6) is -0.994. The van der Waals surface area contributed by atoms with E-state index in [1.165, 1.54) is 0 Å². The largest absolute Gasteiger partial charge is 0.399 e. The maximum Gasteiger partial charge on any atom is 0.258 e. The van der Waals surface area contributed by atoms with Crippen molar-refractivity contribution in [2.24, 2.45) is 0 Å². The zero-order chi connectivity index (χ0) is 15.0. The lowest BCUT2D eigenvalue weighted by Gasteiger charge is -2.01. The van der Waals surface area contributed by atoms with E-state index >= 15 is 0 Å². The molecule has 4 nitrogen and oxygen atoms in total. The average molecular weight is 287 g/mol. The fraction of sp³-hybridized carbons (Fsp3) is 0.0667. The Bertz CT molecular complexity index is 794. The molecule has 0 fully saturated rings. The van der Waals surface area contributed by atoms with Crippen LogP contribution in [0.2, 0.25) is 0 Å². The second-order valence-electron chi connectivity index (χ2n) is 4.66. The number of rotatable bonds is 2.